The molecule has 9 heteroatoms. The maximum Gasteiger partial charge on any atom is 0.265 e. The second kappa shape index (κ2) is 13.2. The molecule has 4 aromatic rings. The number of halogens is 1. The van der Waals surface area contributed by atoms with Gasteiger partial charge in [0, 0.05) is 42.4 Å². The van der Waals surface area contributed by atoms with Crippen LogP contribution in [0.25, 0.3) is 10.8 Å². The summed E-state index contributed by atoms with van der Waals surface area (Å²) in [5, 5.41) is 5.19. The smallest absolute Gasteiger partial charge is 0.265 e. The lowest BCUT2D eigenvalue weighted by molar-refractivity contribution is -0.141. The van der Waals surface area contributed by atoms with Crippen LogP contribution in [0.3, 0.4) is 0 Å². The van der Waals surface area contributed by atoms with Gasteiger partial charge in [-0.1, -0.05) is 85.3 Å². The van der Waals surface area contributed by atoms with Gasteiger partial charge in [-0.2, -0.15) is 0 Å². The Morgan fingerprint density at radius 1 is 0.930 bits per heavy atom. The molecule has 1 N–H and O–H groups in total. The van der Waals surface area contributed by atoms with Crippen molar-refractivity contribution in [3.8, 4) is 0 Å². The van der Waals surface area contributed by atoms with E-state index in [0.29, 0.717) is 33.8 Å². The Kier molecular flexibility index (Phi) is 9.37. The number of amides is 2. The molecular weight excluding hydrogens is 582 g/mol. The van der Waals surface area contributed by atoms with E-state index in [4.69, 9.17) is 11.6 Å². The molecule has 2 amide bonds. The minimum atomic E-state index is -3.73. The van der Waals surface area contributed by atoms with Crippen molar-refractivity contribution in [1.29, 1.82) is 0 Å². The molecule has 2 atom stereocenters. The van der Waals surface area contributed by atoms with E-state index < -0.39 is 16.1 Å². The monoisotopic (exact) mass is 617 g/mol. The van der Waals surface area contributed by atoms with Crippen molar-refractivity contribution >= 4 is 49.9 Å². The van der Waals surface area contributed by atoms with Gasteiger partial charge in [-0.15, -0.1) is 0 Å². The predicted molar refractivity (Wildman–Crippen MR) is 172 cm³/mol. The zero-order chi connectivity index (χ0) is 30.6. The van der Waals surface area contributed by atoms with Gasteiger partial charge in [-0.25, -0.2) is 8.42 Å². The van der Waals surface area contributed by atoms with Crippen LogP contribution in [0.2, 0.25) is 5.02 Å². The highest BCUT2D eigenvalue weighted by atomic mass is 35.5. The first-order chi connectivity index (χ1) is 20.7. The first-order valence-electron chi connectivity index (χ1n) is 14.6. The molecule has 0 aromatic heterocycles. The molecule has 1 aliphatic rings. The highest BCUT2D eigenvalue weighted by Gasteiger charge is 2.36. The molecule has 0 spiro atoms. The maximum absolute atomic E-state index is 14.0. The normalized spacial score (nSPS) is 14.8. The average Bonchev–Trinajstić information content (AvgIpc) is 3.22. The van der Waals surface area contributed by atoms with Gasteiger partial charge in [-0.05, 0) is 60.5 Å². The number of hydrogen-bond acceptors (Lipinski definition) is 4. The first-order valence-corrected chi connectivity index (χ1v) is 16.4. The van der Waals surface area contributed by atoms with E-state index in [0.717, 1.165) is 22.9 Å². The molecule has 0 fully saturated rings. The number of nitrogens with zero attached hydrogens (tertiary/aromatic N) is 2. The van der Waals surface area contributed by atoms with E-state index in [1.807, 2.05) is 74.5 Å². The minimum Gasteiger partial charge on any atom is -0.352 e. The van der Waals surface area contributed by atoms with E-state index in [2.05, 4.69) is 5.32 Å². The molecule has 1 heterocycles. The van der Waals surface area contributed by atoms with Crippen molar-refractivity contribution in [2.75, 3.05) is 10.8 Å². The Labute approximate surface area is 258 Å². The van der Waals surface area contributed by atoms with Crippen LogP contribution in [0.4, 0.5) is 5.69 Å². The van der Waals surface area contributed by atoms with Crippen molar-refractivity contribution in [3.63, 3.8) is 0 Å². The van der Waals surface area contributed by atoms with Gasteiger partial charge in [0.1, 0.15) is 6.04 Å². The summed E-state index contributed by atoms with van der Waals surface area (Å²) in [6, 6.07) is 26.9. The third-order valence-corrected chi connectivity index (χ3v) is 10.0. The molecule has 43 heavy (non-hydrogen) atoms. The van der Waals surface area contributed by atoms with Gasteiger partial charge in [0.2, 0.25) is 11.8 Å². The van der Waals surface area contributed by atoms with E-state index in [1.54, 1.807) is 35.2 Å². The number of nitrogens with one attached hydrogen (secondary N) is 1. The number of sulfonamides is 1. The van der Waals surface area contributed by atoms with Crippen LogP contribution < -0.4 is 9.62 Å². The van der Waals surface area contributed by atoms with Crippen molar-refractivity contribution in [3.05, 3.63) is 107 Å². The molecule has 224 valence electrons. The van der Waals surface area contributed by atoms with Gasteiger partial charge < -0.3 is 10.2 Å². The van der Waals surface area contributed by atoms with E-state index in [9.17, 15) is 18.0 Å². The Bertz CT molecular complexity index is 1720. The molecule has 4 aromatic carbocycles. The summed E-state index contributed by atoms with van der Waals surface area (Å²) < 4.78 is 28.3. The lowest BCUT2D eigenvalue weighted by Gasteiger charge is -2.32. The molecule has 2 unspecified atom stereocenters. The largest absolute Gasteiger partial charge is 0.352 e. The fourth-order valence-electron chi connectivity index (χ4n) is 5.54. The van der Waals surface area contributed by atoms with Crippen LogP contribution in [0.1, 0.15) is 44.2 Å². The third kappa shape index (κ3) is 6.71. The van der Waals surface area contributed by atoms with Crippen molar-refractivity contribution in [2.24, 2.45) is 0 Å². The Morgan fingerprint density at radius 2 is 1.63 bits per heavy atom. The summed E-state index contributed by atoms with van der Waals surface area (Å²) in [6.07, 6.45) is 1.46. The average molecular weight is 618 g/mol. The van der Waals surface area contributed by atoms with Gasteiger partial charge >= 0.3 is 0 Å². The fraction of sp³-hybridized carbons (Fsp3) is 0.294. The first kappa shape index (κ1) is 30.6. The SMILES string of the molecule is CCC(C)NC(=O)C(Cc1ccccc1)N(Cc1cccc(Cl)c1)C(=O)CCCN1c2cccc3cccc(c23)S1(=O)=O. The number of carbonyl (C=O) groups is 2. The summed E-state index contributed by atoms with van der Waals surface area (Å²) in [5.74, 6) is -0.453. The minimum absolute atomic E-state index is 0.0568. The summed E-state index contributed by atoms with van der Waals surface area (Å²) in [5.41, 5.74) is 2.37. The lowest BCUT2D eigenvalue weighted by Crippen LogP contribution is -2.52. The zero-order valence-electron chi connectivity index (χ0n) is 24.4. The highest BCUT2D eigenvalue weighted by Crippen LogP contribution is 2.42. The Hall–Kier alpha value is -3.88. The quantitative estimate of drug-likeness (QED) is 0.201. The second-order valence-corrected chi connectivity index (χ2v) is 13.3. The maximum atomic E-state index is 14.0. The topological polar surface area (TPSA) is 86.8 Å². The van der Waals surface area contributed by atoms with Crippen molar-refractivity contribution in [2.45, 2.75) is 63.1 Å². The van der Waals surface area contributed by atoms with Crippen molar-refractivity contribution < 1.29 is 18.0 Å². The van der Waals surface area contributed by atoms with Crippen LogP contribution in [-0.2, 0) is 32.6 Å². The van der Waals surface area contributed by atoms with E-state index >= 15 is 0 Å². The van der Waals surface area contributed by atoms with Crippen LogP contribution >= 0.6 is 11.6 Å². The van der Waals surface area contributed by atoms with Crippen LogP contribution in [-0.4, -0.2) is 43.8 Å². The Morgan fingerprint density at radius 3 is 2.35 bits per heavy atom. The molecule has 7 nitrogen and oxygen atoms in total. The van der Waals surface area contributed by atoms with Gasteiger partial charge in [0.05, 0.1) is 10.6 Å². The lowest BCUT2D eigenvalue weighted by atomic mass is 10.0. The van der Waals surface area contributed by atoms with Crippen LogP contribution in [0.15, 0.2) is 95.9 Å². The summed E-state index contributed by atoms with van der Waals surface area (Å²) >= 11 is 6.28. The zero-order valence-corrected chi connectivity index (χ0v) is 25.9. The third-order valence-electron chi connectivity index (χ3n) is 7.95. The standard InChI is InChI=1S/C34H36ClN3O4S/c1-3-24(2)36-34(40)30(22-25-11-5-4-6-12-25)37(23-26-13-7-16-28(35)21-26)32(39)19-10-20-38-29-17-8-14-27-15-9-18-31(33(27)29)43(38,41)42/h4-9,11-18,21,24,30H,3,10,19-20,22-23H2,1-2H3,(H,36,40). The number of benzene rings is 4. The van der Waals surface area contributed by atoms with E-state index in [1.165, 1.54) is 4.31 Å². The second-order valence-electron chi connectivity index (χ2n) is 11.0. The van der Waals surface area contributed by atoms with E-state index in [-0.39, 0.29) is 37.4 Å². The Balaban J connectivity index is 1.40. The molecule has 0 radical (unpaired) electrons. The fourth-order valence-corrected chi connectivity index (χ4v) is 7.51. The van der Waals surface area contributed by atoms with Gasteiger partial charge in [0.25, 0.3) is 10.0 Å². The summed E-state index contributed by atoms with van der Waals surface area (Å²) in [6.45, 7) is 4.28. The number of rotatable bonds is 12. The van der Waals surface area contributed by atoms with Crippen LogP contribution in [0.5, 0.6) is 0 Å². The number of anilines is 1. The summed E-state index contributed by atoms with van der Waals surface area (Å²) in [4.78, 5) is 29.6. The molecule has 1 aliphatic heterocycles. The molecule has 0 aliphatic carbocycles. The van der Waals surface area contributed by atoms with Crippen LogP contribution in [0, 0.1) is 0 Å². The molecular formula is C34H36ClN3O4S. The van der Waals surface area contributed by atoms with Crippen molar-refractivity contribution in [1.82, 2.24) is 10.2 Å². The number of carbonyl (C=O) groups excluding carboxylic acids is 2. The molecule has 5 rings (SSSR count). The van der Waals surface area contributed by atoms with Gasteiger partial charge in [-0.3, -0.25) is 13.9 Å². The number of hydrogen-bond donors (Lipinski definition) is 1. The predicted octanol–water partition coefficient (Wildman–Crippen LogP) is 6.34. The van der Waals surface area contributed by atoms with Gasteiger partial charge in [0.15, 0.2) is 0 Å². The highest BCUT2D eigenvalue weighted by molar-refractivity contribution is 7.93. The summed E-state index contributed by atoms with van der Waals surface area (Å²) in [7, 11) is -3.73. The molecule has 0 saturated carbocycles. The molecule has 0 bridgehead atoms. The molecule has 0 saturated heterocycles.